The molecule has 234 valence electrons. The van der Waals surface area contributed by atoms with Crippen molar-refractivity contribution in [2.24, 2.45) is 5.92 Å². The van der Waals surface area contributed by atoms with Gasteiger partial charge in [0.1, 0.15) is 11.7 Å². The number of amides is 3. The summed E-state index contributed by atoms with van der Waals surface area (Å²) in [6, 6.07) is 2.44. The Bertz CT molecular complexity index is 1400. The third kappa shape index (κ3) is 6.42. The first-order valence-electron chi connectivity index (χ1n) is 13.4. The van der Waals surface area contributed by atoms with Gasteiger partial charge in [0.25, 0.3) is 0 Å². The molecular weight excluding hydrogens is 587 g/mol. The summed E-state index contributed by atoms with van der Waals surface area (Å²) in [5, 5.41) is 2.86. The number of esters is 1. The number of nitrogens with zero attached hydrogens (tertiary/aromatic N) is 2. The van der Waals surface area contributed by atoms with Gasteiger partial charge in [-0.1, -0.05) is 6.07 Å². The van der Waals surface area contributed by atoms with E-state index in [0.717, 1.165) is 12.0 Å². The number of methoxy groups -OCH3 is 1. The summed E-state index contributed by atoms with van der Waals surface area (Å²) in [5.41, 5.74) is -3.26. The predicted octanol–water partition coefficient (Wildman–Crippen LogP) is 6.17. The van der Waals surface area contributed by atoms with E-state index in [9.17, 15) is 45.1 Å². The number of likely N-dealkylation sites (tertiary alicyclic amines) is 1. The Kier molecular flexibility index (Phi) is 8.46. The molecule has 14 heteroatoms. The molecule has 1 N–H and O–H groups in total. The summed E-state index contributed by atoms with van der Waals surface area (Å²) in [5.74, 6) is -2.83. The Morgan fingerprint density at radius 2 is 1.65 bits per heavy atom. The summed E-state index contributed by atoms with van der Waals surface area (Å²) in [6.45, 7) is 2.96. The lowest BCUT2D eigenvalue weighted by Gasteiger charge is -2.47. The van der Waals surface area contributed by atoms with Gasteiger partial charge in [0, 0.05) is 19.1 Å². The molecule has 7 nitrogen and oxygen atoms in total. The lowest BCUT2D eigenvalue weighted by molar-refractivity contribution is -0.148. The molecule has 3 amide bonds. The minimum absolute atomic E-state index is 0.0158. The van der Waals surface area contributed by atoms with Gasteiger partial charge in [0.05, 0.1) is 30.3 Å². The molecule has 1 unspecified atom stereocenters. The van der Waals surface area contributed by atoms with E-state index in [-0.39, 0.29) is 37.4 Å². The van der Waals surface area contributed by atoms with Gasteiger partial charge in [0.15, 0.2) is 0 Å². The van der Waals surface area contributed by atoms with Gasteiger partial charge in [-0.25, -0.2) is 9.18 Å². The third-order valence-electron chi connectivity index (χ3n) is 8.39. The Morgan fingerprint density at radius 1 is 1.05 bits per heavy atom. The van der Waals surface area contributed by atoms with Crippen LogP contribution in [-0.4, -0.2) is 53.9 Å². The van der Waals surface area contributed by atoms with Crippen molar-refractivity contribution < 1.29 is 49.9 Å². The molecule has 0 saturated carbocycles. The number of urea groups is 1. The molecule has 4 atom stereocenters. The highest BCUT2D eigenvalue weighted by molar-refractivity contribution is 6.00. The molecule has 0 bridgehead atoms. The van der Waals surface area contributed by atoms with Crippen LogP contribution in [0.25, 0.3) is 0 Å². The van der Waals surface area contributed by atoms with Crippen molar-refractivity contribution in [3.05, 3.63) is 70.0 Å². The number of hydrogen-bond donors (Lipinski definition) is 1. The molecule has 2 saturated heterocycles. The molecule has 2 heterocycles. The van der Waals surface area contributed by atoms with E-state index in [1.165, 1.54) is 37.1 Å². The fraction of sp³-hybridized carbons (Fsp3) is 0.483. The maximum Gasteiger partial charge on any atom is 0.416 e. The lowest BCUT2D eigenvalue weighted by atomic mass is 9.77. The molecule has 2 aliphatic rings. The van der Waals surface area contributed by atoms with Gasteiger partial charge >= 0.3 is 24.4 Å². The van der Waals surface area contributed by atoms with E-state index in [1.807, 2.05) is 0 Å². The first kappa shape index (κ1) is 32.1. The molecular formula is C29H30F7N3O4. The number of carbonyl (C=O) groups excluding carboxylic acids is 3. The third-order valence-corrected chi connectivity index (χ3v) is 8.39. The first-order valence-corrected chi connectivity index (χ1v) is 13.4. The quantitative estimate of drug-likeness (QED) is 0.253. The second-order valence-corrected chi connectivity index (χ2v) is 11.1. The van der Waals surface area contributed by atoms with Crippen LogP contribution in [0, 0.1) is 18.7 Å². The zero-order valence-electron chi connectivity index (χ0n) is 23.7. The first-order chi connectivity index (χ1) is 19.9. The molecule has 2 aromatic rings. The van der Waals surface area contributed by atoms with Crippen molar-refractivity contribution in [1.29, 1.82) is 0 Å². The Morgan fingerprint density at radius 3 is 2.19 bits per heavy atom. The molecule has 0 radical (unpaired) electrons. The average Bonchev–Trinajstić information content (AvgIpc) is 3.25. The second-order valence-electron chi connectivity index (χ2n) is 11.1. The highest BCUT2D eigenvalue weighted by atomic mass is 19.4. The number of ether oxygens (including phenoxy) is 1. The van der Waals surface area contributed by atoms with E-state index >= 15 is 0 Å². The van der Waals surface area contributed by atoms with E-state index in [0.29, 0.717) is 23.3 Å². The summed E-state index contributed by atoms with van der Waals surface area (Å²) >= 11 is 0. The Hall–Kier alpha value is -3.84. The van der Waals surface area contributed by atoms with Crippen LogP contribution in [0.15, 0.2) is 36.4 Å². The normalized spacial score (nSPS) is 23.2. The van der Waals surface area contributed by atoms with Gasteiger partial charge in [-0.05, 0) is 80.1 Å². The van der Waals surface area contributed by atoms with Crippen LogP contribution in [0.3, 0.4) is 0 Å². The van der Waals surface area contributed by atoms with Crippen molar-refractivity contribution in [3.63, 3.8) is 0 Å². The molecule has 0 aliphatic carbocycles. The van der Waals surface area contributed by atoms with Crippen LogP contribution >= 0.6 is 0 Å². The smallest absolute Gasteiger partial charge is 0.416 e. The summed E-state index contributed by atoms with van der Waals surface area (Å²) < 4.78 is 99.7. The van der Waals surface area contributed by atoms with E-state index in [4.69, 9.17) is 4.74 Å². The van der Waals surface area contributed by atoms with Crippen LogP contribution in [0.2, 0.25) is 0 Å². The summed E-state index contributed by atoms with van der Waals surface area (Å²) in [4.78, 5) is 41.2. The standard InChI is InChI=1S/C29H30F7N3O4/c1-15-9-20(30)5-6-21(15)23-14-27(13-22(24(40)37-27)25(41)43-4)7-8-39(23)26(42)38(3)16(2)17-10-18(28(31,32)33)12-19(11-17)29(34,35)36/h5-6,9-12,16,22-23H,7-8,13-14H2,1-4H3,(H,37,40)/t16-,22?,23-,27-/m1/s1. The minimum atomic E-state index is -5.06. The van der Waals surface area contributed by atoms with Crippen LogP contribution in [0.4, 0.5) is 35.5 Å². The van der Waals surface area contributed by atoms with Crippen LogP contribution < -0.4 is 5.32 Å². The van der Waals surface area contributed by atoms with Crippen molar-refractivity contribution in [2.45, 2.75) is 63.1 Å². The number of alkyl halides is 6. The maximum absolute atomic E-state index is 14.0. The maximum atomic E-state index is 14.0. The van der Waals surface area contributed by atoms with E-state index in [2.05, 4.69) is 5.32 Å². The molecule has 43 heavy (non-hydrogen) atoms. The largest absolute Gasteiger partial charge is 0.468 e. The fourth-order valence-electron chi connectivity index (χ4n) is 5.92. The van der Waals surface area contributed by atoms with Crippen molar-refractivity contribution in [3.8, 4) is 0 Å². The number of hydrogen-bond acceptors (Lipinski definition) is 4. The summed E-state index contributed by atoms with van der Waals surface area (Å²) in [7, 11) is 2.43. The number of carbonyl (C=O) groups is 3. The predicted molar refractivity (Wildman–Crippen MR) is 139 cm³/mol. The topological polar surface area (TPSA) is 79.0 Å². The zero-order chi connectivity index (χ0) is 32.1. The van der Waals surface area contributed by atoms with Crippen LogP contribution in [0.5, 0.6) is 0 Å². The number of halogens is 7. The SMILES string of the molecule is COC(=O)C1C[C@@]2(CCN(C(=O)N(C)[C@H](C)c3cc(C(F)(F)F)cc(C(F)(F)F)c3)[C@@H](c3ccc(F)cc3C)C2)NC1=O. The minimum Gasteiger partial charge on any atom is -0.468 e. The zero-order valence-corrected chi connectivity index (χ0v) is 23.7. The molecule has 4 rings (SSSR count). The molecule has 2 fully saturated rings. The number of piperidine rings is 1. The lowest BCUT2D eigenvalue weighted by Crippen LogP contribution is -2.55. The number of rotatable bonds is 4. The molecule has 0 aromatic heterocycles. The van der Waals surface area contributed by atoms with Crippen molar-refractivity contribution >= 4 is 17.9 Å². The summed E-state index contributed by atoms with van der Waals surface area (Å²) in [6.07, 6.45) is -9.70. The number of benzene rings is 2. The van der Waals surface area contributed by atoms with Crippen molar-refractivity contribution in [2.75, 3.05) is 20.7 Å². The highest BCUT2D eigenvalue weighted by Gasteiger charge is 2.52. The van der Waals surface area contributed by atoms with Gasteiger partial charge < -0.3 is 19.9 Å². The molecule has 2 aliphatic heterocycles. The number of nitrogens with one attached hydrogen (secondary N) is 1. The highest BCUT2D eigenvalue weighted by Crippen LogP contribution is 2.45. The van der Waals surface area contributed by atoms with Crippen molar-refractivity contribution in [1.82, 2.24) is 15.1 Å². The van der Waals surface area contributed by atoms with Gasteiger partial charge in [-0.3, -0.25) is 9.59 Å². The number of aryl methyl sites for hydroxylation is 1. The second kappa shape index (κ2) is 11.3. The molecule has 1 spiro atoms. The fourth-order valence-corrected chi connectivity index (χ4v) is 5.92. The monoisotopic (exact) mass is 617 g/mol. The van der Waals surface area contributed by atoms with Crippen LogP contribution in [-0.2, 0) is 26.7 Å². The van der Waals surface area contributed by atoms with E-state index in [1.54, 1.807) is 6.92 Å². The van der Waals surface area contributed by atoms with Gasteiger partial charge in [-0.15, -0.1) is 0 Å². The van der Waals surface area contributed by atoms with Gasteiger partial charge in [0.2, 0.25) is 5.91 Å². The average molecular weight is 618 g/mol. The Balaban J connectivity index is 1.69. The van der Waals surface area contributed by atoms with E-state index < -0.39 is 70.7 Å². The Labute approximate surface area is 243 Å². The molecule has 2 aromatic carbocycles. The van der Waals surface area contributed by atoms with Gasteiger partial charge in [-0.2, -0.15) is 26.3 Å². The van der Waals surface area contributed by atoms with Crippen LogP contribution in [0.1, 0.15) is 66.1 Å².